The maximum Gasteiger partial charge on any atom is 0.338 e. The van der Waals surface area contributed by atoms with Gasteiger partial charge in [-0.05, 0) is 55.9 Å². The number of aromatic nitrogens is 2. The van der Waals surface area contributed by atoms with Crippen LogP contribution in [-0.2, 0) is 11.3 Å². The molecule has 3 rings (SSSR count). The normalized spacial score (nSPS) is 10.4. The van der Waals surface area contributed by atoms with E-state index in [2.05, 4.69) is 20.8 Å². The summed E-state index contributed by atoms with van der Waals surface area (Å²) in [6.07, 6.45) is 0. The van der Waals surface area contributed by atoms with Crippen molar-refractivity contribution in [1.82, 2.24) is 15.5 Å². The molecular formula is C20H19ClN4O3S. The van der Waals surface area contributed by atoms with Crippen molar-refractivity contribution < 1.29 is 14.1 Å². The molecule has 0 radical (unpaired) electrons. The number of esters is 1. The van der Waals surface area contributed by atoms with Crippen LogP contribution in [0.1, 0.15) is 28.7 Å². The monoisotopic (exact) mass is 430 g/mol. The number of rotatable bonds is 6. The van der Waals surface area contributed by atoms with Gasteiger partial charge in [0, 0.05) is 11.3 Å². The molecule has 0 aliphatic rings. The van der Waals surface area contributed by atoms with E-state index < -0.39 is 0 Å². The molecule has 2 N–H and O–H groups in total. The summed E-state index contributed by atoms with van der Waals surface area (Å²) < 4.78 is 10.3. The third kappa shape index (κ3) is 5.30. The molecule has 0 spiro atoms. The molecule has 150 valence electrons. The molecule has 2 aromatic carbocycles. The fourth-order valence-electron chi connectivity index (χ4n) is 2.50. The zero-order chi connectivity index (χ0) is 20.8. The van der Waals surface area contributed by atoms with Crippen molar-refractivity contribution in [3.8, 4) is 11.4 Å². The second kappa shape index (κ2) is 9.49. The van der Waals surface area contributed by atoms with Gasteiger partial charge >= 0.3 is 5.97 Å². The number of aryl methyl sites for hydroxylation is 1. The average Bonchev–Trinajstić information content (AvgIpc) is 3.17. The van der Waals surface area contributed by atoms with E-state index in [-0.39, 0.29) is 12.5 Å². The number of hydrogen-bond acceptors (Lipinski definition) is 6. The van der Waals surface area contributed by atoms with E-state index in [4.69, 9.17) is 33.1 Å². The molecule has 0 saturated carbocycles. The van der Waals surface area contributed by atoms with Gasteiger partial charge in [-0.1, -0.05) is 35.0 Å². The highest BCUT2D eigenvalue weighted by atomic mass is 35.5. The van der Waals surface area contributed by atoms with Gasteiger partial charge in [-0.25, -0.2) is 4.79 Å². The molecule has 0 amide bonds. The number of nitrogens with one attached hydrogen (secondary N) is 2. The van der Waals surface area contributed by atoms with E-state index >= 15 is 0 Å². The van der Waals surface area contributed by atoms with E-state index in [1.165, 1.54) is 0 Å². The summed E-state index contributed by atoms with van der Waals surface area (Å²) in [6.45, 7) is 4.22. The molecule has 0 fully saturated rings. The Hall–Kier alpha value is -2.97. The number of carbonyl (C=O) groups excluding carboxylic acids is 1. The van der Waals surface area contributed by atoms with Gasteiger partial charge in [-0.2, -0.15) is 4.98 Å². The Morgan fingerprint density at radius 3 is 2.83 bits per heavy atom. The standard InChI is InChI=1S/C20H19ClN4O3S/c1-3-27-19(26)13-9-8-12(2)16(10-13)23-20(29)22-11-17-24-18(25-28-17)14-6-4-5-7-15(14)21/h4-10H,3,11H2,1-2H3,(H2,22,23,29). The summed E-state index contributed by atoms with van der Waals surface area (Å²) in [5.74, 6) is 0.387. The van der Waals surface area contributed by atoms with Crippen molar-refractivity contribution in [2.24, 2.45) is 0 Å². The molecule has 1 heterocycles. The summed E-state index contributed by atoms with van der Waals surface area (Å²) in [5.41, 5.74) is 2.77. The third-order valence-corrected chi connectivity index (χ3v) is 4.56. The number of anilines is 1. The molecule has 9 heteroatoms. The topological polar surface area (TPSA) is 89.3 Å². The number of thiocarbonyl (C=S) groups is 1. The molecule has 0 atom stereocenters. The van der Waals surface area contributed by atoms with Crippen LogP contribution in [0.5, 0.6) is 0 Å². The predicted octanol–water partition coefficient (Wildman–Crippen LogP) is 4.36. The summed E-state index contributed by atoms with van der Waals surface area (Å²) in [4.78, 5) is 16.2. The largest absolute Gasteiger partial charge is 0.462 e. The number of nitrogens with zero attached hydrogens (tertiary/aromatic N) is 2. The van der Waals surface area contributed by atoms with Crippen LogP contribution in [-0.4, -0.2) is 27.8 Å². The van der Waals surface area contributed by atoms with E-state index in [0.717, 1.165) is 5.56 Å². The summed E-state index contributed by atoms with van der Waals surface area (Å²) in [7, 11) is 0. The number of carbonyl (C=O) groups is 1. The molecule has 0 bridgehead atoms. The van der Waals surface area contributed by atoms with Crippen LogP contribution in [0, 0.1) is 6.92 Å². The molecule has 29 heavy (non-hydrogen) atoms. The first-order chi connectivity index (χ1) is 14.0. The number of halogens is 1. The van der Waals surface area contributed by atoms with Gasteiger partial charge in [0.25, 0.3) is 0 Å². The van der Waals surface area contributed by atoms with Crippen LogP contribution in [0.2, 0.25) is 5.02 Å². The first-order valence-corrected chi connectivity index (χ1v) is 9.66. The van der Waals surface area contributed by atoms with Crippen LogP contribution < -0.4 is 10.6 Å². The van der Waals surface area contributed by atoms with Crippen molar-refractivity contribution in [3.63, 3.8) is 0 Å². The van der Waals surface area contributed by atoms with E-state index in [1.807, 2.05) is 31.2 Å². The molecule has 1 aromatic heterocycles. The molecule has 0 aliphatic heterocycles. The van der Waals surface area contributed by atoms with Gasteiger partial charge in [0.2, 0.25) is 11.7 Å². The second-order valence-electron chi connectivity index (χ2n) is 6.05. The first-order valence-electron chi connectivity index (χ1n) is 8.88. The quantitative estimate of drug-likeness (QED) is 0.440. The molecule has 7 nitrogen and oxygen atoms in total. The minimum atomic E-state index is -0.382. The Morgan fingerprint density at radius 1 is 1.28 bits per heavy atom. The van der Waals surface area contributed by atoms with Crippen LogP contribution in [0.3, 0.4) is 0 Å². The summed E-state index contributed by atoms with van der Waals surface area (Å²) >= 11 is 11.5. The molecule has 3 aromatic rings. The minimum Gasteiger partial charge on any atom is -0.462 e. The van der Waals surface area contributed by atoms with E-state index in [9.17, 15) is 4.79 Å². The predicted molar refractivity (Wildman–Crippen MR) is 115 cm³/mol. The van der Waals surface area contributed by atoms with Crippen LogP contribution in [0.25, 0.3) is 11.4 Å². The first kappa shape index (κ1) is 20.8. The zero-order valence-corrected chi connectivity index (χ0v) is 17.4. The van der Waals surface area contributed by atoms with Crippen molar-refractivity contribution in [2.45, 2.75) is 20.4 Å². The second-order valence-corrected chi connectivity index (χ2v) is 6.86. The SMILES string of the molecule is CCOC(=O)c1ccc(C)c(NC(=S)NCc2nc(-c3ccccc3Cl)no2)c1. The van der Waals surface area contributed by atoms with Gasteiger partial charge in [0.15, 0.2) is 5.11 Å². The number of ether oxygens (including phenoxy) is 1. The van der Waals surface area contributed by atoms with Gasteiger partial charge in [0.1, 0.15) is 0 Å². The van der Waals surface area contributed by atoms with Gasteiger partial charge < -0.3 is 19.9 Å². The minimum absolute atomic E-state index is 0.236. The molecule has 0 aliphatic carbocycles. The van der Waals surface area contributed by atoms with Gasteiger partial charge in [-0.3, -0.25) is 0 Å². The van der Waals surface area contributed by atoms with Gasteiger partial charge in [-0.15, -0.1) is 0 Å². The molecular weight excluding hydrogens is 412 g/mol. The molecule has 0 unspecified atom stereocenters. The Balaban J connectivity index is 1.62. The highest BCUT2D eigenvalue weighted by molar-refractivity contribution is 7.80. The Labute approximate surface area is 178 Å². The lowest BCUT2D eigenvalue weighted by atomic mass is 10.1. The Morgan fingerprint density at radius 2 is 2.07 bits per heavy atom. The highest BCUT2D eigenvalue weighted by Crippen LogP contribution is 2.24. The van der Waals surface area contributed by atoms with E-state index in [0.29, 0.717) is 45.3 Å². The Bertz CT molecular complexity index is 1040. The number of benzene rings is 2. The lowest BCUT2D eigenvalue weighted by molar-refractivity contribution is 0.0526. The third-order valence-electron chi connectivity index (χ3n) is 3.98. The maximum atomic E-state index is 11.9. The van der Waals surface area contributed by atoms with Crippen molar-refractivity contribution in [2.75, 3.05) is 11.9 Å². The summed E-state index contributed by atoms with van der Waals surface area (Å²) in [6, 6.07) is 12.5. The lowest BCUT2D eigenvalue weighted by Crippen LogP contribution is -2.28. The zero-order valence-electron chi connectivity index (χ0n) is 15.9. The van der Waals surface area contributed by atoms with Crippen LogP contribution in [0.15, 0.2) is 47.0 Å². The maximum absolute atomic E-state index is 11.9. The smallest absolute Gasteiger partial charge is 0.338 e. The fourth-order valence-corrected chi connectivity index (χ4v) is 2.90. The Kier molecular flexibility index (Phi) is 6.79. The van der Waals surface area contributed by atoms with Crippen molar-refractivity contribution in [1.29, 1.82) is 0 Å². The summed E-state index contributed by atoms with van der Waals surface area (Å²) in [5, 5.41) is 10.9. The number of hydrogen-bond donors (Lipinski definition) is 2. The highest BCUT2D eigenvalue weighted by Gasteiger charge is 2.13. The molecule has 0 saturated heterocycles. The van der Waals surface area contributed by atoms with Crippen molar-refractivity contribution >= 4 is 40.6 Å². The lowest BCUT2D eigenvalue weighted by Gasteiger charge is -2.12. The van der Waals surface area contributed by atoms with Crippen LogP contribution >= 0.6 is 23.8 Å². The fraction of sp³-hybridized carbons (Fsp3) is 0.200. The van der Waals surface area contributed by atoms with Crippen LogP contribution in [0.4, 0.5) is 5.69 Å². The van der Waals surface area contributed by atoms with Crippen molar-refractivity contribution in [3.05, 3.63) is 64.5 Å². The van der Waals surface area contributed by atoms with E-state index in [1.54, 1.807) is 25.1 Å². The average molecular weight is 431 g/mol. The van der Waals surface area contributed by atoms with Gasteiger partial charge in [0.05, 0.1) is 23.7 Å².